The molecule has 1 N–H and O–H groups in total. The second-order valence-electron chi connectivity index (χ2n) is 6.95. The first-order valence-electron chi connectivity index (χ1n) is 8.30. The zero-order valence-electron chi connectivity index (χ0n) is 13.8. The Morgan fingerprint density at radius 2 is 2.24 bits per heavy atom. The highest BCUT2D eigenvalue weighted by atomic mass is 16.5. The minimum absolute atomic E-state index is 0.000630. The van der Waals surface area contributed by atoms with Crippen molar-refractivity contribution in [3.05, 3.63) is 29.3 Å². The van der Waals surface area contributed by atoms with Crippen molar-refractivity contribution < 1.29 is 4.74 Å². The molecule has 0 saturated carbocycles. The molecule has 3 nitrogen and oxygen atoms in total. The number of rotatable bonds is 3. The first-order valence-corrected chi connectivity index (χ1v) is 8.30. The quantitative estimate of drug-likeness (QED) is 0.924. The summed E-state index contributed by atoms with van der Waals surface area (Å²) in [7, 11) is 0. The largest absolute Gasteiger partial charge is 0.485 e. The number of fused-ring (bicyclic) bond motifs is 1. The summed E-state index contributed by atoms with van der Waals surface area (Å²) in [5.41, 5.74) is 2.65. The summed E-state index contributed by atoms with van der Waals surface area (Å²) in [6, 6.07) is 7.63. The Kier molecular flexibility index (Phi) is 3.98. The summed E-state index contributed by atoms with van der Waals surface area (Å²) >= 11 is 0. The summed E-state index contributed by atoms with van der Waals surface area (Å²) in [6.45, 7) is 12.1. The molecule has 0 radical (unpaired) electrons. The Balaban J connectivity index is 1.89. The van der Waals surface area contributed by atoms with Gasteiger partial charge in [-0.25, -0.2) is 0 Å². The predicted molar refractivity (Wildman–Crippen MR) is 86.9 cm³/mol. The van der Waals surface area contributed by atoms with Gasteiger partial charge in [0.25, 0.3) is 0 Å². The van der Waals surface area contributed by atoms with Gasteiger partial charge in [-0.2, -0.15) is 0 Å². The van der Waals surface area contributed by atoms with E-state index in [4.69, 9.17) is 4.74 Å². The Bertz CT molecular complexity index is 514. The van der Waals surface area contributed by atoms with E-state index >= 15 is 0 Å². The third-order valence-electron chi connectivity index (χ3n) is 4.97. The molecular weight excluding hydrogens is 260 g/mol. The molecule has 2 aliphatic heterocycles. The van der Waals surface area contributed by atoms with Crippen LogP contribution in [0.5, 0.6) is 5.75 Å². The molecule has 2 atom stereocenters. The molecule has 2 aliphatic rings. The molecule has 0 bridgehead atoms. The van der Waals surface area contributed by atoms with Crippen molar-refractivity contribution in [1.82, 2.24) is 10.2 Å². The SMILES string of the molecule is CCNC1CC2(CCN(C(C)C)C2)Oc2ccc(C)cc21. The molecule has 1 aromatic carbocycles. The van der Waals surface area contributed by atoms with Crippen molar-refractivity contribution >= 4 is 0 Å². The normalized spacial score (nSPS) is 28.9. The molecule has 1 saturated heterocycles. The van der Waals surface area contributed by atoms with E-state index < -0.39 is 0 Å². The average molecular weight is 288 g/mol. The third kappa shape index (κ3) is 2.82. The number of benzene rings is 1. The van der Waals surface area contributed by atoms with Crippen molar-refractivity contribution in [1.29, 1.82) is 0 Å². The third-order valence-corrected chi connectivity index (χ3v) is 4.97. The monoisotopic (exact) mass is 288 g/mol. The first kappa shape index (κ1) is 14.9. The predicted octanol–water partition coefficient (Wildman–Crippen LogP) is 3.28. The minimum atomic E-state index is -0.000630. The Morgan fingerprint density at radius 3 is 2.90 bits per heavy atom. The lowest BCUT2D eigenvalue weighted by Gasteiger charge is -2.40. The molecule has 21 heavy (non-hydrogen) atoms. The Morgan fingerprint density at radius 1 is 1.43 bits per heavy atom. The van der Waals surface area contributed by atoms with Crippen LogP contribution in [0.15, 0.2) is 18.2 Å². The van der Waals surface area contributed by atoms with Crippen LogP contribution in [0.4, 0.5) is 0 Å². The van der Waals surface area contributed by atoms with Gasteiger partial charge in [0.2, 0.25) is 0 Å². The van der Waals surface area contributed by atoms with Crippen LogP contribution in [0, 0.1) is 6.92 Å². The number of nitrogens with zero attached hydrogens (tertiary/aromatic N) is 1. The zero-order valence-corrected chi connectivity index (χ0v) is 13.8. The number of nitrogens with one attached hydrogen (secondary N) is 1. The molecule has 0 aromatic heterocycles. The maximum Gasteiger partial charge on any atom is 0.125 e. The molecule has 2 unspecified atom stereocenters. The van der Waals surface area contributed by atoms with E-state index in [1.54, 1.807) is 0 Å². The highest BCUT2D eigenvalue weighted by Gasteiger charge is 2.46. The van der Waals surface area contributed by atoms with Crippen LogP contribution in [0.25, 0.3) is 0 Å². The lowest BCUT2D eigenvalue weighted by atomic mass is 9.86. The maximum absolute atomic E-state index is 6.51. The standard InChI is InChI=1S/C18H28N2O/c1-5-19-16-11-18(8-9-20(12-18)13(2)3)21-17-7-6-14(4)10-15(16)17/h6-7,10,13,16,19H,5,8-9,11-12H2,1-4H3. The van der Waals surface area contributed by atoms with Gasteiger partial charge >= 0.3 is 0 Å². The van der Waals surface area contributed by atoms with E-state index in [0.29, 0.717) is 12.1 Å². The Labute approximate surface area is 128 Å². The molecule has 2 heterocycles. The zero-order chi connectivity index (χ0) is 15.0. The van der Waals surface area contributed by atoms with Gasteiger partial charge in [-0.3, -0.25) is 4.90 Å². The van der Waals surface area contributed by atoms with Gasteiger partial charge in [-0.1, -0.05) is 24.6 Å². The second-order valence-corrected chi connectivity index (χ2v) is 6.95. The van der Waals surface area contributed by atoms with Crippen LogP contribution in [-0.2, 0) is 0 Å². The van der Waals surface area contributed by atoms with E-state index in [1.165, 1.54) is 11.1 Å². The van der Waals surface area contributed by atoms with Gasteiger partial charge in [0.05, 0.1) is 0 Å². The van der Waals surface area contributed by atoms with E-state index in [0.717, 1.165) is 38.2 Å². The molecule has 1 fully saturated rings. The number of likely N-dealkylation sites (tertiary alicyclic amines) is 1. The van der Waals surface area contributed by atoms with E-state index in [9.17, 15) is 0 Å². The van der Waals surface area contributed by atoms with Gasteiger partial charge in [0, 0.05) is 43.6 Å². The fourth-order valence-corrected chi connectivity index (χ4v) is 3.78. The summed E-state index contributed by atoms with van der Waals surface area (Å²) in [4.78, 5) is 2.54. The number of hydrogen-bond acceptors (Lipinski definition) is 3. The van der Waals surface area contributed by atoms with Crippen molar-refractivity contribution in [2.45, 2.75) is 58.2 Å². The summed E-state index contributed by atoms with van der Waals surface area (Å²) in [6.07, 6.45) is 2.22. The molecular formula is C18H28N2O. The van der Waals surface area contributed by atoms with Crippen LogP contribution >= 0.6 is 0 Å². The van der Waals surface area contributed by atoms with Crippen LogP contribution in [0.1, 0.15) is 50.8 Å². The van der Waals surface area contributed by atoms with Gasteiger partial charge in [0.15, 0.2) is 0 Å². The molecule has 116 valence electrons. The summed E-state index contributed by atoms with van der Waals surface area (Å²) in [5, 5.41) is 3.66. The first-order chi connectivity index (χ1) is 10.0. The number of aryl methyl sites for hydroxylation is 1. The summed E-state index contributed by atoms with van der Waals surface area (Å²) in [5.74, 6) is 1.09. The van der Waals surface area contributed by atoms with Crippen molar-refractivity contribution in [3.8, 4) is 5.75 Å². The lowest BCUT2D eigenvalue weighted by molar-refractivity contribution is 0.0357. The van der Waals surface area contributed by atoms with Crippen molar-refractivity contribution in [3.63, 3.8) is 0 Å². The average Bonchev–Trinajstić information content (AvgIpc) is 2.84. The topological polar surface area (TPSA) is 24.5 Å². The smallest absolute Gasteiger partial charge is 0.125 e. The molecule has 1 aromatic rings. The fourth-order valence-electron chi connectivity index (χ4n) is 3.78. The van der Waals surface area contributed by atoms with Gasteiger partial charge in [-0.05, 0) is 33.4 Å². The fraction of sp³-hybridized carbons (Fsp3) is 0.667. The molecule has 3 heteroatoms. The van der Waals surface area contributed by atoms with Crippen LogP contribution in [0.2, 0.25) is 0 Å². The van der Waals surface area contributed by atoms with Crippen LogP contribution in [0.3, 0.4) is 0 Å². The molecule has 0 amide bonds. The van der Waals surface area contributed by atoms with E-state index in [2.05, 4.69) is 56.1 Å². The molecule has 3 rings (SSSR count). The minimum Gasteiger partial charge on any atom is -0.485 e. The number of hydrogen-bond donors (Lipinski definition) is 1. The second kappa shape index (κ2) is 5.62. The van der Waals surface area contributed by atoms with Gasteiger partial charge in [-0.15, -0.1) is 0 Å². The van der Waals surface area contributed by atoms with Gasteiger partial charge < -0.3 is 10.1 Å². The number of ether oxygens (including phenoxy) is 1. The molecule has 0 aliphatic carbocycles. The van der Waals surface area contributed by atoms with E-state index in [1.807, 2.05) is 0 Å². The van der Waals surface area contributed by atoms with E-state index in [-0.39, 0.29) is 5.60 Å². The highest BCUT2D eigenvalue weighted by Crippen LogP contribution is 2.44. The van der Waals surface area contributed by atoms with Crippen molar-refractivity contribution in [2.24, 2.45) is 0 Å². The van der Waals surface area contributed by atoms with Crippen LogP contribution in [-0.4, -0.2) is 36.2 Å². The Hall–Kier alpha value is -1.06. The van der Waals surface area contributed by atoms with Gasteiger partial charge in [0.1, 0.15) is 11.4 Å². The molecule has 1 spiro atoms. The lowest BCUT2D eigenvalue weighted by Crippen LogP contribution is -2.47. The highest BCUT2D eigenvalue weighted by molar-refractivity contribution is 5.42. The van der Waals surface area contributed by atoms with Crippen molar-refractivity contribution in [2.75, 3.05) is 19.6 Å². The van der Waals surface area contributed by atoms with Crippen LogP contribution < -0.4 is 10.1 Å². The maximum atomic E-state index is 6.51. The summed E-state index contributed by atoms with van der Waals surface area (Å²) < 4.78 is 6.51.